The van der Waals surface area contributed by atoms with Crippen LogP contribution >= 0.6 is 23.1 Å². The average molecular weight is 348 g/mol. The smallest absolute Gasteiger partial charge is 0.236 e. The minimum atomic E-state index is -0.0953. The van der Waals surface area contributed by atoms with Gasteiger partial charge in [0.25, 0.3) is 0 Å². The molecular weight excluding hydrogens is 332 g/mol. The van der Waals surface area contributed by atoms with Crippen LogP contribution in [0.25, 0.3) is 10.2 Å². The predicted octanol–water partition coefficient (Wildman–Crippen LogP) is 3.16. The number of hydrogen-bond donors (Lipinski definition) is 1. The van der Waals surface area contributed by atoms with Crippen molar-refractivity contribution in [3.05, 3.63) is 30.6 Å². The van der Waals surface area contributed by atoms with E-state index in [0.29, 0.717) is 17.5 Å². The van der Waals surface area contributed by atoms with Crippen molar-refractivity contribution >= 4 is 44.4 Å². The molecule has 6 nitrogen and oxygen atoms in total. The van der Waals surface area contributed by atoms with E-state index in [-0.39, 0.29) is 5.91 Å². The number of amides is 1. The lowest BCUT2D eigenvalue weighted by atomic mass is 10.3. The largest absolute Gasteiger partial charge is 0.494 e. The summed E-state index contributed by atoms with van der Waals surface area (Å²) >= 11 is 2.83. The molecule has 3 aromatic rings. The first-order chi connectivity index (χ1) is 11.2. The number of hydrogen-bond acceptors (Lipinski definition) is 6. The van der Waals surface area contributed by atoms with Crippen LogP contribution in [0.3, 0.4) is 0 Å². The maximum absolute atomic E-state index is 12.0. The Morgan fingerprint density at radius 1 is 1.48 bits per heavy atom. The second-order valence-corrected chi connectivity index (χ2v) is 6.71. The highest BCUT2D eigenvalue weighted by Gasteiger charge is 2.10. The first-order valence-corrected chi connectivity index (χ1v) is 8.89. The summed E-state index contributed by atoms with van der Waals surface area (Å²) in [5, 5.41) is 4.24. The number of carbonyl (C=O) groups excluding carboxylic acids is 1. The van der Waals surface area contributed by atoms with E-state index in [1.54, 1.807) is 6.20 Å². The Labute approximate surface area is 141 Å². The number of thioether (sulfide) groups is 1. The van der Waals surface area contributed by atoms with E-state index in [4.69, 9.17) is 4.74 Å². The van der Waals surface area contributed by atoms with E-state index in [9.17, 15) is 4.79 Å². The Balaban J connectivity index is 1.64. The molecule has 0 aliphatic carbocycles. The summed E-state index contributed by atoms with van der Waals surface area (Å²) in [6.45, 7) is 2.57. The van der Waals surface area contributed by atoms with Crippen molar-refractivity contribution in [2.75, 3.05) is 17.7 Å². The van der Waals surface area contributed by atoms with Crippen LogP contribution < -0.4 is 10.1 Å². The normalized spacial score (nSPS) is 10.9. The van der Waals surface area contributed by atoms with Gasteiger partial charge in [-0.3, -0.25) is 4.79 Å². The molecule has 2 heterocycles. The van der Waals surface area contributed by atoms with Crippen molar-refractivity contribution in [2.45, 2.75) is 12.1 Å². The van der Waals surface area contributed by atoms with Gasteiger partial charge in [0.05, 0.1) is 22.6 Å². The molecule has 0 saturated carbocycles. The molecule has 0 fully saturated rings. The van der Waals surface area contributed by atoms with Gasteiger partial charge in [0, 0.05) is 19.4 Å². The maximum Gasteiger partial charge on any atom is 0.236 e. The number of carbonyl (C=O) groups is 1. The Bertz CT molecular complexity index is 828. The number of nitrogens with one attached hydrogen (secondary N) is 1. The molecule has 0 bridgehead atoms. The second kappa shape index (κ2) is 7.01. The van der Waals surface area contributed by atoms with E-state index in [0.717, 1.165) is 21.1 Å². The average Bonchev–Trinajstić information content (AvgIpc) is 3.10. The van der Waals surface area contributed by atoms with Gasteiger partial charge in [0.15, 0.2) is 10.3 Å². The summed E-state index contributed by atoms with van der Waals surface area (Å²) in [4.78, 5) is 20.6. The van der Waals surface area contributed by atoms with E-state index in [2.05, 4.69) is 15.3 Å². The molecule has 0 unspecified atom stereocenters. The lowest BCUT2D eigenvalue weighted by molar-refractivity contribution is -0.113. The quantitative estimate of drug-likeness (QED) is 0.693. The third-order valence-corrected chi connectivity index (χ3v) is 5.02. The van der Waals surface area contributed by atoms with Crippen molar-refractivity contribution in [1.82, 2.24) is 14.5 Å². The Morgan fingerprint density at radius 3 is 3.09 bits per heavy atom. The zero-order valence-corrected chi connectivity index (χ0v) is 14.4. The molecular formula is C15H16N4O2S2. The van der Waals surface area contributed by atoms with Crippen molar-refractivity contribution in [3.8, 4) is 5.75 Å². The lowest BCUT2D eigenvalue weighted by Crippen LogP contribution is -2.14. The van der Waals surface area contributed by atoms with Crippen LogP contribution in [0.1, 0.15) is 6.92 Å². The highest BCUT2D eigenvalue weighted by Crippen LogP contribution is 2.29. The number of fused-ring (bicyclic) bond motifs is 1. The van der Waals surface area contributed by atoms with Crippen LogP contribution in [0.4, 0.5) is 5.13 Å². The Morgan fingerprint density at radius 2 is 2.35 bits per heavy atom. The van der Waals surface area contributed by atoms with Crippen LogP contribution in [0, 0.1) is 0 Å². The fourth-order valence-corrected chi connectivity index (χ4v) is 3.63. The molecule has 1 N–H and O–H groups in total. The van der Waals surface area contributed by atoms with Gasteiger partial charge < -0.3 is 14.6 Å². The van der Waals surface area contributed by atoms with Crippen LogP contribution in [-0.2, 0) is 11.8 Å². The van der Waals surface area contributed by atoms with Gasteiger partial charge in [0.2, 0.25) is 5.91 Å². The van der Waals surface area contributed by atoms with Gasteiger partial charge in [0.1, 0.15) is 5.75 Å². The van der Waals surface area contributed by atoms with E-state index in [1.165, 1.54) is 23.1 Å². The van der Waals surface area contributed by atoms with Crippen molar-refractivity contribution in [2.24, 2.45) is 7.05 Å². The van der Waals surface area contributed by atoms with Gasteiger partial charge in [-0.25, -0.2) is 9.97 Å². The summed E-state index contributed by atoms with van der Waals surface area (Å²) in [6.07, 6.45) is 3.56. The molecule has 1 aromatic carbocycles. The minimum absolute atomic E-state index is 0.0953. The molecule has 0 aliphatic rings. The monoisotopic (exact) mass is 348 g/mol. The molecule has 3 rings (SSSR count). The van der Waals surface area contributed by atoms with E-state index >= 15 is 0 Å². The third kappa shape index (κ3) is 3.83. The fourth-order valence-electron chi connectivity index (χ4n) is 1.99. The number of benzene rings is 1. The molecule has 2 aromatic heterocycles. The van der Waals surface area contributed by atoms with Crippen LogP contribution in [0.15, 0.2) is 35.7 Å². The van der Waals surface area contributed by atoms with Gasteiger partial charge >= 0.3 is 0 Å². The number of nitrogens with zero attached hydrogens (tertiary/aromatic N) is 3. The van der Waals surface area contributed by atoms with Gasteiger partial charge in [-0.15, -0.1) is 0 Å². The SMILES string of the molecule is CCOc1ccc2nc(NC(=O)CSc3nccn3C)sc2c1. The first kappa shape index (κ1) is 15.8. The van der Waals surface area contributed by atoms with Crippen molar-refractivity contribution < 1.29 is 9.53 Å². The number of thiazole rings is 1. The van der Waals surface area contributed by atoms with E-state index in [1.807, 2.05) is 42.9 Å². The number of aryl methyl sites for hydroxylation is 1. The van der Waals surface area contributed by atoms with E-state index < -0.39 is 0 Å². The highest BCUT2D eigenvalue weighted by atomic mass is 32.2. The predicted molar refractivity (Wildman–Crippen MR) is 93.4 cm³/mol. The number of anilines is 1. The van der Waals surface area contributed by atoms with Crippen LogP contribution in [-0.4, -0.2) is 32.8 Å². The van der Waals surface area contributed by atoms with Crippen LogP contribution in [0.2, 0.25) is 0 Å². The lowest BCUT2D eigenvalue weighted by Gasteiger charge is -2.01. The number of aromatic nitrogens is 3. The highest BCUT2D eigenvalue weighted by molar-refractivity contribution is 7.99. The fraction of sp³-hybridized carbons (Fsp3) is 0.267. The number of ether oxygens (including phenoxy) is 1. The van der Waals surface area contributed by atoms with Crippen LogP contribution in [0.5, 0.6) is 5.75 Å². The molecule has 0 radical (unpaired) electrons. The molecule has 0 saturated heterocycles. The summed E-state index contributed by atoms with van der Waals surface area (Å²) in [6, 6.07) is 5.72. The van der Waals surface area contributed by atoms with Crippen molar-refractivity contribution in [3.63, 3.8) is 0 Å². The zero-order valence-electron chi connectivity index (χ0n) is 12.8. The molecule has 0 aliphatic heterocycles. The summed E-state index contributed by atoms with van der Waals surface area (Å²) in [5.41, 5.74) is 0.852. The molecule has 23 heavy (non-hydrogen) atoms. The van der Waals surface area contributed by atoms with Gasteiger partial charge in [-0.05, 0) is 25.1 Å². The molecule has 0 atom stereocenters. The standard InChI is InChI=1S/C15H16N4O2S2/c1-3-21-10-4-5-11-12(8-10)23-14(17-11)18-13(20)9-22-15-16-6-7-19(15)2/h4-8H,3,9H2,1-2H3,(H,17,18,20). The third-order valence-electron chi connectivity index (χ3n) is 3.03. The molecule has 8 heteroatoms. The van der Waals surface area contributed by atoms with Crippen molar-refractivity contribution in [1.29, 1.82) is 0 Å². The summed E-state index contributed by atoms with van der Waals surface area (Å²) in [7, 11) is 1.90. The zero-order chi connectivity index (χ0) is 16.2. The summed E-state index contributed by atoms with van der Waals surface area (Å²) in [5.74, 6) is 1.01. The second-order valence-electron chi connectivity index (χ2n) is 4.74. The Hall–Kier alpha value is -2.06. The molecule has 120 valence electrons. The van der Waals surface area contributed by atoms with Gasteiger partial charge in [-0.1, -0.05) is 23.1 Å². The van der Waals surface area contributed by atoms with Gasteiger partial charge in [-0.2, -0.15) is 0 Å². The first-order valence-electron chi connectivity index (χ1n) is 7.09. The molecule has 1 amide bonds. The molecule has 0 spiro atoms. The summed E-state index contributed by atoms with van der Waals surface area (Å²) < 4.78 is 8.34. The Kier molecular flexibility index (Phi) is 4.82. The minimum Gasteiger partial charge on any atom is -0.494 e. The number of rotatable bonds is 6. The topological polar surface area (TPSA) is 69.0 Å². The number of imidazole rings is 1. The maximum atomic E-state index is 12.0.